The van der Waals surface area contributed by atoms with Crippen molar-refractivity contribution in [3.63, 3.8) is 0 Å². The van der Waals surface area contributed by atoms with E-state index in [-0.39, 0.29) is 0 Å². The van der Waals surface area contributed by atoms with E-state index in [2.05, 4.69) is 0 Å². The maximum atomic E-state index is 11.8. The minimum Gasteiger partial charge on any atom is -0.457 e. The number of ether oxygens (including phenoxy) is 1. The third-order valence-corrected chi connectivity index (χ3v) is 4.21. The van der Waals surface area contributed by atoms with Crippen molar-refractivity contribution in [3.05, 3.63) is 59.7 Å². The Hall–Kier alpha value is -1.61. The summed E-state index contributed by atoms with van der Waals surface area (Å²) >= 11 is 0. The van der Waals surface area contributed by atoms with E-state index in [1.807, 2.05) is 0 Å². The van der Waals surface area contributed by atoms with Gasteiger partial charge in [-0.15, -0.1) is 0 Å². The Bertz CT molecular complexity index is 601. The molecule has 0 radical (unpaired) electrons. The predicted octanol–water partition coefficient (Wildman–Crippen LogP) is 3.06. The lowest BCUT2D eigenvalue weighted by atomic mass is 10.00. The van der Waals surface area contributed by atoms with Crippen molar-refractivity contribution in [2.45, 2.75) is 5.66 Å². The maximum absolute atomic E-state index is 11.8. The Kier molecular flexibility index (Phi) is 2.52. The molecule has 0 saturated carbocycles. The summed E-state index contributed by atoms with van der Waals surface area (Å²) in [5, 5.41) is 0. The van der Waals surface area contributed by atoms with Gasteiger partial charge >= 0.3 is 7.60 Å². The van der Waals surface area contributed by atoms with Gasteiger partial charge in [0.25, 0.3) is 0 Å². The first-order valence-electron chi connectivity index (χ1n) is 5.48. The Balaban J connectivity index is 2.27. The van der Waals surface area contributed by atoms with Crippen LogP contribution < -0.4 is 4.74 Å². The second-order valence-corrected chi connectivity index (χ2v) is 5.86. The molecule has 0 saturated heterocycles. The molecule has 1 aliphatic rings. The van der Waals surface area contributed by atoms with E-state index >= 15 is 0 Å². The molecule has 3 rings (SSSR count). The molecule has 0 bridgehead atoms. The van der Waals surface area contributed by atoms with Gasteiger partial charge < -0.3 is 14.5 Å². The fourth-order valence-electron chi connectivity index (χ4n) is 2.25. The fraction of sp³-hybridized carbons (Fsp3) is 0.0769. The van der Waals surface area contributed by atoms with Gasteiger partial charge in [0.15, 0.2) is 0 Å². The van der Waals surface area contributed by atoms with Crippen LogP contribution >= 0.6 is 7.60 Å². The van der Waals surface area contributed by atoms with Gasteiger partial charge in [0.05, 0.1) is 0 Å². The molecule has 1 heterocycles. The largest absolute Gasteiger partial charge is 0.457 e. The summed E-state index contributed by atoms with van der Waals surface area (Å²) in [5.41, 5.74) is 0.118. The van der Waals surface area contributed by atoms with E-state index < -0.39 is 13.3 Å². The van der Waals surface area contributed by atoms with Gasteiger partial charge in [-0.05, 0) is 12.1 Å². The fourth-order valence-corrected chi connectivity index (χ4v) is 3.40. The molecule has 2 aromatic carbocycles. The monoisotopic (exact) mass is 262 g/mol. The van der Waals surface area contributed by atoms with Crippen LogP contribution in [-0.2, 0) is 4.57 Å². The van der Waals surface area contributed by atoms with Crippen molar-refractivity contribution in [2.24, 2.45) is 0 Å². The predicted molar refractivity (Wildman–Crippen MR) is 66.8 cm³/mol. The summed E-state index contributed by atoms with van der Waals surface area (Å²) < 4.78 is 17.4. The van der Waals surface area contributed by atoms with Crippen molar-refractivity contribution in [1.82, 2.24) is 0 Å². The molecule has 0 fully saturated rings. The molecular formula is C13H11O4P. The van der Waals surface area contributed by atoms with Crippen molar-refractivity contribution in [3.8, 4) is 11.5 Å². The Morgan fingerprint density at radius 3 is 1.78 bits per heavy atom. The van der Waals surface area contributed by atoms with Crippen LogP contribution in [-0.4, -0.2) is 9.79 Å². The van der Waals surface area contributed by atoms with Gasteiger partial charge in [-0.1, -0.05) is 36.4 Å². The highest BCUT2D eigenvalue weighted by atomic mass is 31.2. The second kappa shape index (κ2) is 3.95. The molecule has 0 aromatic heterocycles. The minimum atomic E-state index is -4.29. The van der Waals surface area contributed by atoms with Crippen LogP contribution in [0, 0.1) is 0 Å². The molecule has 0 atom stereocenters. The smallest absolute Gasteiger partial charge is 0.337 e. The van der Waals surface area contributed by atoms with E-state index in [1.54, 1.807) is 48.5 Å². The topological polar surface area (TPSA) is 66.8 Å². The van der Waals surface area contributed by atoms with Gasteiger partial charge in [0, 0.05) is 11.1 Å². The average Bonchev–Trinajstić information content (AvgIpc) is 2.34. The van der Waals surface area contributed by atoms with Gasteiger partial charge in [-0.2, -0.15) is 0 Å². The summed E-state index contributed by atoms with van der Waals surface area (Å²) in [7, 11) is -4.29. The lowest BCUT2D eigenvalue weighted by molar-refractivity contribution is 0.357. The van der Waals surface area contributed by atoms with Crippen LogP contribution in [0.4, 0.5) is 0 Å². The standard InChI is InChI=1S/C13H11O4P/c14-18(15,16)13-9-5-1-3-7-11(9)17-12-8-4-2-6-10(12)13/h1-8,13H,(H2,14,15,16). The van der Waals surface area contributed by atoms with Gasteiger partial charge in [-0.25, -0.2) is 0 Å². The molecule has 1 aliphatic heterocycles. The van der Waals surface area contributed by atoms with Crippen molar-refractivity contribution >= 4 is 7.60 Å². The summed E-state index contributed by atoms with van der Waals surface area (Å²) in [6.07, 6.45) is 0. The molecule has 18 heavy (non-hydrogen) atoms. The lowest BCUT2D eigenvalue weighted by Gasteiger charge is -2.28. The van der Waals surface area contributed by atoms with Crippen LogP contribution in [0.25, 0.3) is 0 Å². The molecule has 2 N–H and O–H groups in total. The van der Waals surface area contributed by atoms with Crippen LogP contribution in [0.2, 0.25) is 0 Å². The molecule has 0 spiro atoms. The van der Waals surface area contributed by atoms with E-state index in [1.165, 1.54) is 0 Å². The van der Waals surface area contributed by atoms with Gasteiger partial charge in [0.2, 0.25) is 0 Å². The molecule has 0 unspecified atom stereocenters. The third-order valence-electron chi connectivity index (χ3n) is 2.98. The lowest BCUT2D eigenvalue weighted by Crippen LogP contribution is -2.10. The van der Waals surface area contributed by atoms with Crippen LogP contribution in [0.1, 0.15) is 16.8 Å². The van der Waals surface area contributed by atoms with Gasteiger partial charge in [0.1, 0.15) is 17.2 Å². The summed E-state index contributed by atoms with van der Waals surface area (Å²) in [4.78, 5) is 19.2. The maximum Gasteiger partial charge on any atom is 0.337 e. The van der Waals surface area contributed by atoms with E-state index in [0.29, 0.717) is 22.6 Å². The molecule has 92 valence electrons. The normalized spacial score (nSPS) is 14.6. The molecule has 2 aromatic rings. The molecule has 0 amide bonds. The zero-order valence-corrected chi connectivity index (χ0v) is 10.2. The number of hydrogen-bond acceptors (Lipinski definition) is 2. The third kappa shape index (κ3) is 1.75. The van der Waals surface area contributed by atoms with Crippen LogP contribution in [0.5, 0.6) is 11.5 Å². The summed E-state index contributed by atoms with van der Waals surface area (Å²) in [6, 6.07) is 13.9. The van der Waals surface area contributed by atoms with E-state index in [9.17, 15) is 14.4 Å². The summed E-state index contributed by atoms with van der Waals surface area (Å²) in [6.45, 7) is 0. The van der Waals surface area contributed by atoms with E-state index in [0.717, 1.165) is 0 Å². The molecule has 5 heteroatoms. The summed E-state index contributed by atoms with van der Waals surface area (Å²) in [5.74, 6) is 1.01. The zero-order valence-electron chi connectivity index (χ0n) is 9.35. The number of fused-ring (bicyclic) bond motifs is 2. The van der Waals surface area contributed by atoms with E-state index in [4.69, 9.17) is 4.74 Å². The van der Waals surface area contributed by atoms with Crippen LogP contribution in [0.3, 0.4) is 0 Å². The Labute approximate surface area is 104 Å². The highest BCUT2D eigenvalue weighted by Crippen LogP contribution is 2.61. The van der Waals surface area contributed by atoms with Crippen molar-refractivity contribution < 1.29 is 19.1 Å². The first kappa shape index (κ1) is 11.5. The Morgan fingerprint density at radius 1 is 0.889 bits per heavy atom. The molecule has 0 aliphatic carbocycles. The van der Waals surface area contributed by atoms with Crippen LogP contribution in [0.15, 0.2) is 48.5 Å². The average molecular weight is 262 g/mol. The Morgan fingerprint density at radius 2 is 1.33 bits per heavy atom. The number of benzene rings is 2. The number of hydrogen-bond donors (Lipinski definition) is 2. The SMILES string of the molecule is O=P(O)(O)C1c2ccccc2Oc2ccccc21. The van der Waals surface area contributed by atoms with Gasteiger partial charge in [-0.3, -0.25) is 4.57 Å². The molecule has 4 nitrogen and oxygen atoms in total. The first-order valence-corrected chi connectivity index (χ1v) is 7.16. The number of rotatable bonds is 1. The zero-order chi connectivity index (χ0) is 12.8. The minimum absolute atomic E-state index is 0.504. The first-order chi connectivity index (χ1) is 8.57. The van der Waals surface area contributed by atoms with Crippen molar-refractivity contribution in [1.29, 1.82) is 0 Å². The quantitative estimate of drug-likeness (QED) is 0.775. The highest BCUT2D eigenvalue weighted by molar-refractivity contribution is 7.52. The van der Waals surface area contributed by atoms with Crippen molar-refractivity contribution in [2.75, 3.05) is 0 Å². The number of para-hydroxylation sites is 2. The second-order valence-electron chi connectivity index (χ2n) is 4.17. The highest BCUT2D eigenvalue weighted by Gasteiger charge is 2.38. The molecular weight excluding hydrogens is 251 g/mol.